The number of likely N-dealkylation sites (tertiary alicyclic amines) is 1. The Morgan fingerprint density at radius 1 is 1.07 bits per heavy atom. The average molecular weight is 383 g/mol. The first-order valence-corrected chi connectivity index (χ1v) is 10.8. The van der Waals surface area contributed by atoms with Gasteiger partial charge in [-0.15, -0.1) is 11.3 Å². The predicted octanol–water partition coefficient (Wildman–Crippen LogP) is 4.75. The molecule has 1 aromatic carbocycles. The highest BCUT2D eigenvalue weighted by Gasteiger charge is 2.30. The Morgan fingerprint density at radius 3 is 2.52 bits per heavy atom. The quantitative estimate of drug-likeness (QED) is 0.833. The summed E-state index contributed by atoms with van der Waals surface area (Å²) < 4.78 is 0. The highest BCUT2D eigenvalue weighted by Crippen LogP contribution is 2.39. The van der Waals surface area contributed by atoms with Crippen molar-refractivity contribution in [2.75, 3.05) is 18.4 Å². The third kappa shape index (κ3) is 3.79. The van der Waals surface area contributed by atoms with Crippen LogP contribution in [-0.2, 0) is 12.8 Å². The number of piperidine rings is 1. The summed E-state index contributed by atoms with van der Waals surface area (Å²) in [5, 5.41) is 3.78. The summed E-state index contributed by atoms with van der Waals surface area (Å²) in [5.41, 5.74) is 2.56. The Labute approximate surface area is 164 Å². The molecule has 4 nitrogen and oxygen atoms in total. The van der Waals surface area contributed by atoms with Crippen molar-refractivity contribution in [1.29, 1.82) is 0 Å². The van der Waals surface area contributed by atoms with E-state index in [2.05, 4.69) is 12.2 Å². The molecule has 1 aliphatic heterocycles. The van der Waals surface area contributed by atoms with Crippen LogP contribution in [0.2, 0.25) is 0 Å². The van der Waals surface area contributed by atoms with Crippen LogP contribution in [0.5, 0.6) is 0 Å². The molecule has 1 saturated heterocycles. The molecule has 1 N–H and O–H groups in total. The maximum Gasteiger partial charge on any atom is 0.257 e. The van der Waals surface area contributed by atoms with Gasteiger partial charge in [0.05, 0.1) is 5.56 Å². The normalized spacial score (nSPS) is 17.4. The van der Waals surface area contributed by atoms with Gasteiger partial charge in [0.25, 0.3) is 11.8 Å². The van der Waals surface area contributed by atoms with Gasteiger partial charge in [0, 0.05) is 23.5 Å². The van der Waals surface area contributed by atoms with Crippen LogP contribution >= 0.6 is 11.3 Å². The number of hydrogen-bond donors (Lipinski definition) is 1. The van der Waals surface area contributed by atoms with E-state index >= 15 is 0 Å². The number of hydrogen-bond acceptors (Lipinski definition) is 3. The minimum Gasteiger partial charge on any atom is -0.339 e. The first-order chi connectivity index (χ1) is 13.1. The highest BCUT2D eigenvalue weighted by molar-refractivity contribution is 7.17. The molecule has 0 spiro atoms. The van der Waals surface area contributed by atoms with E-state index in [1.807, 2.05) is 23.1 Å². The summed E-state index contributed by atoms with van der Waals surface area (Å²) in [6, 6.07) is 9.21. The van der Waals surface area contributed by atoms with Gasteiger partial charge < -0.3 is 10.2 Å². The number of amides is 2. The fourth-order valence-electron chi connectivity index (χ4n) is 4.01. The van der Waals surface area contributed by atoms with E-state index in [0.717, 1.165) is 62.2 Å². The largest absolute Gasteiger partial charge is 0.339 e. The van der Waals surface area contributed by atoms with Crippen LogP contribution in [0.25, 0.3) is 0 Å². The molecule has 0 bridgehead atoms. The lowest BCUT2D eigenvalue weighted by Gasteiger charge is -2.31. The van der Waals surface area contributed by atoms with Crippen molar-refractivity contribution in [2.45, 2.75) is 45.4 Å². The molecule has 2 aliphatic rings. The van der Waals surface area contributed by atoms with Crippen LogP contribution in [0.3, 0.4) is 0 Å². The van der Waals surface area contributed by atoms with Crippen molar-refractivity contribution in [3.63, 3.8) is 0 Å². The van der Waals surface area contributed by atoms with Crippen LogP contribution in [-0.4, -0.2) is 29.8 Å². The van der Waals surface area contributed by atoms with Gasteiger partial charge in [-0.3, -0.25) is 9.59 Å². The monoisotopic (exact) mass is 382 g/mol. The van der Waals surface area contributed by atoms with E-state index in [1.165, 1.54) is 10.4 Å². The molecule has 4 rings (SSSR count). The number of aryl methyl sites for hydroxylation is 1. The molecule has 2 amide bonds. The molecule has 1 fully saturated rings. The molecule has 0 atom stereocenters. The molecule has 142 valence electrons. The van der Waals surface area contributed by atoms with Gasteiger partial charge in [-0.2, -0.15) is 0 Å². The second-order valence-electron chi connectivity index (χ2n) is 7.71. The van der Waals surface area contributed by atoms with Gasteiger partial charge in [0.15, 0.2) is 0 Å². The minimum absolute atomic E-state index is 0.102. The first-order valence-electron chi connectivity index (χ1n) is 9.93. The summed E-state index contributed by atoms with van der Waals surface area (Å²) >= 11 is 1.60. The number of nitrogens with one attached hydrogen (secondary N) is 1. The highest BCUT2D eigenvalue weighted by atomic mass is 32.1. The number of thiophene rings is 1. The lowest BCUT2D eigenvalue weighted by molar-refractivity contribution is 0.0697. The molecule has 2 aromatic rings. The molecule has 1 aromatic heterocycles. The molecule has 1 aliphatic carbocycles. The summed E-state index contributed by atoms with van der Waals surface area (Å²) in [7, 11) is 0. The second-order valence-corrected chi connectivity index (χ2v) is 8.82. The number of fused-ring (bicyclic) bond motifs is 1. The first kappa shape index (κ1) is 18.2. The second kappa shape index (κ2) is 7.85. The van der Waals surface area contributed by atoms with E-state index < -0.39 is 0 Å². The van der Waals surface area contributed by atoms with E-state index in [0.29, 0.717) is 11.5 Å². The van der Waals surface area contributed by atoms with Crippen molar-refractivity contribution < 1.29 is 9.59 Å². The lowest BCUT2D eigenvalue weighted by Crippen LogP contribution is -2.38. The maximum absolute atomic E-state index is 13.4. The van der Waals surface area contributed by atoms with Gasteiger partial charge >= 0.3 is 0 Å². The van der Waals surface area contributed by atoms with E-state index in [9.17, 15) is 9.59 Å². The maximum atomic E-state index is 13.4. The summed E-state index contributed by atoms with van der Waals surface area (Å²) in [6.45, 7) is 3.88. The fourth-order valence-corrected chi connectivity index (χ4v) is 5.29. The third-order valence-electron chi connectivity index (χ3n) is 5.72. The third-order valence-corrected chi connectivity index (χ3v) is 6.93. The van der Waals surface area contributed by atoms with Gasteiger partial charge in [-0.05, 0) is 62.1 Å². The molecule has 0 saturated carbocycles. The molecular weight excluding hydrogens is 356 g/mol. The molecule has 0 radical (unpaired) electrons. The van der Waals surface area contributed by atoms with Crippen LogP contribution in [0.1, 0.15) is 63.8 Å². The van der Waals surface area contributed by atoms with Crippen LogP contribution < -0.4 is 5.32 Å². The van der Waals surface area contributed by atoms with Crippen molar-refractivity contribution in [3.8, 4) is 0 Å². The van der Waals surface area contributed by atoms with Crippen molar-refractivity contribution in [2.24, 2.45) is 5.92 Å². The number of benzene rings is 1. The van der Waals surface area contributed by atoms with Crippen LogP contribution in [0.4, 0.5) is 5.00 Å². The zero-order valence-corrected chi connectivity index (χ0v) is 16.6. The van der Waals surface area contributed by atoms with Crippen molar-refractivity contribution in [3.05, 3.63) is 51.9 Å². The SMILES string of the molecule is CC1CCN(C(=O)c2c(NC(=O)c3ccccc3)sc3c2CCCC3)CC1. The lowest BCUT2D eigenvalue weighted by atomic mass is 9.93. The fraction of sp³-hybridized carbons (Fsp3) is 0.455. The van der Waals surface area contributed by atoms with Gasteiger partial charge in [-0.1, -0.05) is 25.1 Å². The van der Waals surface area contributed by atoms with Gasteiger partial charge in [0.2, 0.25) is 0 Å². The smallest absolute Gasteiger partial charge is 0.257 e. The minimum atomic E-state index is -0.143. The van der Waals surface area contributed by atoms with E-state index in [-0.39, 0.29) is 11.8 Å². The molecule has 0 unspecified atom stereocenters. The van der Waals surface area contributed by atoms with E-state index in [1.54, 1.807) is 23.5 Å². The Bertz CT molecular complexity index is 835. The van der Waals surface area contributed by atoms with Gasteiger partial charge in [-0.25, -0.2) is 0 Å². The number of carbonyl (C=O) groups is 2. The Morgan fingerprint density at radius 2 is 1.78 bits per heavy atom. The molecule has 2 heterocycles. The molecule has 27 heavy (non-hydrogen) atoms. The molecule has 5 heteroatoms. The topological polar surface area (TPSA) is 49.4 Å². The Kier molecular flexibility index (Phi) is 5.30. The molecular formula is C22H26N2O2S. The summed E-state index contributed by atoms with van der Waals surface area (Å²) in [6.07, 6.45) is 6.35. The zero-order valence-electron chi connectivity index (χ0n) is 15.8. The number of anilines is 1. The Hall–Kier alpha value is -2.14. The number of rotatable bonds is 3. The standard InChI is InChI=1S/C22H26N2O2S/c1-15-11-13-24(14-12-15)22(26)19-17-9-5-6-10-18(17)27-21(19)23-20(25)16-7-3-2-4-8-16/h2-4,7-8,15H,5-6,9-14H2,1H3,(H,23,25). The number of nitrogens with zero attached hydrogens (tertiary/aromatic N) is 1. The van der Waals surface area contributed by atoms with Crippen molar-refractivity contribution >= 4 is 28.2 Å². The predicted molar refractivity (Wildman–Crippen MR) is 110 cm³/mol. The summed E-state index contributed by atoms with van der Waals surface area (Å²) in [4.78, 5) is 29.3. The average Bonchev–Trinajstić information content (AvgIpc) is 3.06. The van der Waals surface area contributed by atoms with Crippen molar-refractivity contribution in [1.82, 2.24) is 4.90 Å². The van der Waals surface area contributed by atoms with Gasteiger partial charge in [0.1, 0.15) is 5.00 Å². The Balaban J connectivity index is 1.64. The number of carbonyl (C=O) groups excluding carboxylic acids is 2. The van der Waals surface area contributed by atoms with Crippen LogP contribution in [0, 0.1) is 5.92 Å². The summed E-state index contributed by atoms with van der Waals surface area (Å²) in [5.74, 6) is 0.642. The van der Waals surface area contributed by atoms with Crippen LogP contribution in [0.15, 0.2) is 30.3 Å². The zero-order chi connectivity index (χ0) is 18.8. The van der Waals surface area contributed by atoms with E-state index in [4.69, 9.17) is 0 Å².